The molecule has 1 heterocycles. The maximum absolute atomic E-state index is 5.21. The smallest absolute Gasteiger partial charge is 0.187 e. The summed E-state index contributed by atoms with van der Waals surface area (Å²) in [5, 5.41) is 3.20. The molecule has 4 nitrogen and oxygen atoms in total. The standard InChI is InChI=1S/C6H14N4/c7-6(8)10-5-3-1-2-4-9-5/h5,9H,1-4H2,(H4,7,8,10). The van der Waals surface area contributed by atoms with Crippen molar-refractivity contribution >= 4 is 5.96 Å². The first kappa shape index (κ1) is 7.34. The van der Waals surface area contributed by atoms with Crippen LogP contribution in [0.1, 0.15) is 19.3 Å². The molecule has 1 atom stereocenters. The van der Waals surface area contributed by atoms with Crippen LogP contribution < -0.4 is 16.8 Å². The van der Waals surface area contributed by atoms with E-state index in [0.717, 1.165) is 13.0 Å². The molecule has 1 unspecified atom stereocenters. The van der Waals surface area contributed by atoms with E-state index in [1.807, 2.05) is 0 Å². The van der Waals surface area contributed by atoms with Crippen molar-refractivity contribution < 1.29 is 0 Å². The van der Waals surface area contributed by atoms with Crippen molar-refractivity contribution in [3.8, 4) is 0 Å². The van der Waals surface area contributed by atoms with Crippen LogP contribution in [0.5, 0.6) is 0 Å². The highest BCUT2D eigenvalue weighted by molar-refractivity contribution is 5.75. The van der Waals surface area contributed by atoms with Crippen molar-refractivity contribution in [3.05, 3.63) is 0 Å². The predicted molar refractivity (Wildman–Crippen MR) is 41.5 cm³/mol. The number of nitrogens with two attached hydrogens (primary N) is 2. The van der Waals surface area contributed by atoms with Gasteiger partial charge < -0.3 is 11.5 Å². The fourth-order valence-corrected chi connectivity index (χ4v) is 1.12. The molecule has 1 saturated heterocycles. The van der Waals surface area contributed by atoms with Gasteiger partial charge in [0.15, 0.2) is 5.96 Å². The van der Waals surface area contributed by atoms with Crippen LogP contribution in [0.2, 0.25) is 0 Å². The fourth-order valence-electron chi connectivity index (χ4n) is 1.12. The first-order valence-electron chi connectivity index (χ1n) is 3.61. The van der Waals surface area contributed by atoms with Gasteiger partial charge in [-0.05, 0) is 25.8 Å². The highest BCUT2D eigenvalue weighted by atomic mass is 15.1. The second-order valence-corrected chi connectivity index (χ2v) is 2.52. The van der Waals surface area contributed by atoms with Gasteiger partial charge in [-0.1, -0.05) is 0 Å². The Balaban J connectivity index is 2.33. The summed E-state index contributed by atoms with van der Waals surface area (Å²) >= 11 is 0. The first-order valence-corrected chi connectivity index (χ1v) is 3.61. The molecule has 0 aliphatic carbocycles. The molecule has 0 aromatic rings. The van der Waals surface area contributed by atoms with E-state index < -0.39 is 0 Å². The lowest BCUT2D eigenvalue weighted by atomic mass is 10.1. The zero-order valence-corrected chi connectivity index (χ0v) is 6.01. The van der Waals surface area contributed by atoms with E-state index in [-0.39, 0.29) is 12.1 Å². The van der Waals surface area contributed by atoms with Crippen molar-refractivity contribution in [2.24, 2.45) is 16.5 Å². The summed E-state index contributed by atoms with van der Waals surface area (Å²) in [5.41, 5.74) is 10.4. The first-order chi connectivity index (χ1) is 4.79. The number of nitrogens with zero attached hydrogens (tertiary/aromatic N) is 1. The predicted octanol–water partition coefficient (Wildman–Crippen LogP) is -0.641. The van der Waals surface area contributed by atoms with Gasteiger partial charge in [-0.2, -0.15) is 0 Å². The average molecular weight is 142 g/mol. The van der Waals surface area contributed by atoms with Crippen LogP contribution in [-0.2, 0) is 0 Å². The largest absolute Gasteiger partial charge is 0.370 e. The molecular weight excluding hydrogens is 128 g/mol. The molecule has 5 N–H and O–H groups in total. The molecule has 0 aromatic heterocycles. The Morgan fingerprint density at radius 3 is 2.70 bits per heavy atom. The lowest BCUT2D eigenvalue weighted by Crippen LogP contribution is -2.36. The number of hydrogen-bond acceptors (Lipinski definition) is 2. The second kappa shape index (κ2) is 3.41. The third-order valence-electron chi connectivity index (χ3n) is 1.59. The molecule has 0 amide bonds. The monoisotopic (exact) mass is 142 g/mol. The molecule has 0 radical (unpaired) electrons. The third-order valence-corrected chi connectivity index (χ3v) is 1.59. The molecule has 10 heavy (non-hydrogen) atoms. The number of aliphatic imine (C=N–C) groups is 1. The van der Waals surface area contributed by atoms with E-state index in [1.54, 1.807) is 0 Å². The van der Waals surface area contributed by atoms with Gasteiger partial charge in [0.05, 0.1) is 0 Å². The second-order valence-electron chi connectivity index (χ2n) is 2.52. The molecule has 0 bridgehead atoms. The van der Waals surface area contributed by atoms with E-state index in [4.69, 9.17) is 11.5 Å². The van der Waals surface area contributed by atoms with Gasteiger partial charge in [0.2, 0.25) is 0 Å². The van der Waals surface area contributed by atoms with Crippen LogP contribution in [0.25, 0.3) is 0 Å². The van der Waals surface area contributed by atoms with Gasteiger partial charge in [-0.15, -0.1) is 0 Å². The molecule has 1 aliphatic heterocycles. The Morgan fingerprint density at radius 1 is 1.40 bits per heavy atom. The molecule has 0 saturated carbocycles. The van der Waals surface area contributed by atoms with Crippen LogP contribution in [0.4, 0.5) is 0 Å². The van der Waals surface area contributed by atoms with Crippen LogP contribution in [0, 0.1) is 0 Å². The number of hydrogen-bond donors (Lipinski definition) is 3. The molecule has 0 aromatic carbocycles. The van der Waals surface area contributed by atoms with E-state index in [0.29, 0.717) is 0 Å². The van der Waals surface area contributed by atoms with Gasteiger partial charge in [-0.25, -0.2) is 4.99 Å². The van der Waals surface area contributed by atoms with Crippen LogP contribution in [0.3, 0.4) is 0 Å². The van der Waals surface area contributed by atoms with Gasteiger partial charge in [0.25, 0.3) is 0 Å². The average Bonchev–Trinajstić information content (AvgIpc) is 1.88. The molecule has 4 heteroatoms. The van der Waals surface area contributed by atoms with Crippen molar-refractivity contribution in [1.29, 1.82) is 0 Å². The summed E-state index contributed by atoms with van der Waals surface area (Å²) in [6, 6.07) is 0. The molecule has 58 valence electrons. The summed E-state index contributed by atoms with van der Waals surface area (Å²) in [6.45, 7) is 1.03. The van der Waals surface area contributed by atoms with E-state index in [9.17, 15) is 0 Å². The van der Waals surface area contributed by atoms with E-state index in [2.05, 4.69) is 10.3 Å². The van der Waals surface area contributed by atoms with Crippen LogP contribution in [0.15, 0.2) is 4.99 Å². The van der Waals surface area contributed by atoms with Gasteiger partial charge in [0, 0.05) is 0 Å². The van der Waals surface area contributed by atoms with E-state index in [1.165, 1.54) is 12.8 Å². The van der Waals surface area contributed by atoms with Crippen molar-refractivity contribution in [1.82, 2.24) is 5.32 Å². The minimum absolute atomic E-state index is 0.166. The normalized spacial score (nSPS) is 25.8. The highest BCUT2D eigenvalue weighted by Crippen LogP contribution is 2.06. The SMILES string of the molecule is NC(N)=NC1CCCCN1. The van der Waals surface area contributed by atoms with Crippen molar-refractivity contribution in [3.63, 3.8) is 0 Å². The number of piperidine rings is 1. The number of nitrogens with one attached hydrogen (secondary N) is 1. The number of rotatable bonds is 1. The lowest BCUT2D eigenvalue weighted by molar-refractivity contribution is 0.412. The zero-order chi connectivity index (χ0) is 7.40. The Morgan fingerprint density at radius 2 is 2.20 bits per heavy atom. The van der Waals surface area contributed by atoms with Gasteiger partial charge >= 0.3 is 0 Å². The maximum atomic E-state index is 5.21. The molecule has 1 rings (SSSR count). The summed E-state index contributed by atoms with van der Waals surface area (Å²) in [4.78, 5) is 4.00. The highest BCUT2D eigenvalue weighted by Gasteiger charge is 2.09. The minimum atomic E-state index is 0.166. The maximum Gasteiger partial charge on any atom is 0.187 e. The number of guanidine groups is 1. The van der Waals surface area contributed by atoms with Gasteiger partial charge in [-0.3, -0.25) is 5.32 Å². The quantitative estimate of drug-likeness (QED) is 0.336. The molecule has 1 fully saturated rings. The third kappa shape index (κ3) is 2.23. The van der Waals surface area contributed by atoms with Crippen LogP contribution >= 0.6 is 0 Å². The Bertz CT molecular complexity index is 122. The molecule has 0 spiro atoms. The Labute approximate surface area is 60.7 Å². The topological polar surface area (TPSA) is 76.4 Å². The summed E-state index contributed by atoms with van der Waals surface area (Å²) in [7, 11) is 0. The van der Waals surface area contributed by atoms with Crippen LogP contribution in [-0.4, -0.2) is 18.7 Å². The van der Waals surface area contributed by atoms with Crippen molar-refractivity contribution in [2.75, 3.05) is 6.54 Å². The van der Waals surface area contributed by atoms with E-state index >= 15 is 0 Å². The van der Waals surface area contributed by atoms with Crippen molar-refractivity contribution in [2.45, 2.75) is 25.4 Å². The van der Waals surface area contributed by atoms with Gasteiger partial charge in [0.1, 0.15) is 6.17 Å². The molecule has 1 aliphatic rings. The Kier molecular flexibility index (Phi) is 2.50. The minimum Gasteiger partial charge on any atom is -0.370 e. The fraction of sp³-hybridized carbons (Fsp3) is 0.833. The summed E-state index contributed by atoms with van der Waals surface area (Å²) in [5.74, 6) is 0.180. The zero-order valence-electron chi connectivity index (χ0n) is 6.01. The summed E-state index contributed by atoms with van der Waals surface area (Å²) < 4.78 is 0. The molecular formula is C6H14N4. The Hall–Kier alpha value is -0.770. The summed E-state index contributed by atoms with van der Waals surface area (Å²) in [6.07, 6.45) is 3.67. The lowest BCUT2D eigenvalue weighted by Gasteiger charge is -2.19.